The summed E-state index contributed by atoms with van der Waals surface area (Å²) in [6.07, 6.45) is 6.96. The van der Waals surface area contributed by atoms with E-state index in [0.717, 1.165) is 16.8 Å². The zero-order valence-corrected chi connectivity index (χ0v) is 12.7. The van der Waals surface area contributed by atoms with Gasteiger partial charge in [0.05, 0.1) is 6.10 Å². The second-order valence-corrected chi connectivity index (χ2v) is 6.50. The Bertz CT molecular complexity index is 352. The number of aliphatic hydroxyl groups is 1. The zero-order valence-electron chi connectivity index (χ0n) is 11.1. The van der Waals surface area contributed by atoms with Crippen LogP contribution in [0.1, 0.15) is 44.6 Å². The molecular formula is C16H23BrO. The molecule has 0 aliphatic heterocycles. The molecule has 1 aliphatic carbocycles. The highest BCUT2D eigenvalue weighted by Crippen LogP contribution is 2.33. The van der Waals surface area contributed by atoms with Crippen LogP contribution in [0, 0.1) is 11.8 Å². The van der Waals surface area contributed by atoms with E-state index in [4.69, 9.17) is 0 Å². The number of aliphatic hydroxyl groups excluding tert-OH is 1. The Morgan fingerprint density at radius 3 is 2.33 bits per heavy atom. The third-order valence-corrected chi connectivity index (χ3v) is 4.90. The summed E-state index contributed by atoms with van der Waals surface area (Å²) in [5.74, 6) is 1.41. The molecule has 0 radical (unpaired) electrons. The molecule has 0 heterocycles. The van der Waals surface area contributed by atoms with Gasteiger partial charge in [-0.3, -0.25) is 0 Å². The predicted molar refractivity (Wildman–Crippen MR) is 79.6 cm³/mol. The highest BCUT2D eigenvalue weighted by molar-refractivity contribution is 9.10. The Morgan fingerprint density at radius 1 is 1.17 bits per heavy atom. The third kappa shape index (κ3) is 3.83. The molecule has 0 bridgehead atoms. The molecule has 2 heteroatoms. The van der Waals surface area contributed by atoms with Crippen LogP contribution in [-0.4, -0.2) is 11.2 Å². The van der Waals surface area contributed by atoms with Crippen LogP contribution >= 0.6 is 15.9 Å². The minimum atomic E-state index is -0.163. The van der Waals surface area contributed by atoms with Crippen LogP contribution < -0.4 is 0 Å². The fourth-order valence-electron chi connectivity index (χ4n) is 3.01. The summed E-state index contributed by atoms with van der Waals surface area (Å²) < 4.78 is 1.10. The Labute approximate surface area is 119 Å². The molecule has 0 aromatic heterocycles. The number of benzene rings is 1. The van der Waals surface area contributed by atoms with Gasteiger partial charge in [0.25, 0.3) is 0 Å². The van der Waals surface area contributed by atoms with Crippen molar-refractivity contribution in [1.29, 1.82) is 0 Å². The lowest BCUT2D eigenvalue weighted by Crippen LogP contribution is -2.27. The lowest BCUT2D eigenvalue weighted by molar-refractivity contribution is 0.0735. The van der Waals surface area contributed by atoms with E-state index < -0.39 is 0 Å². The predicted octanol–water partition coefficient (Wildman–Crippen LogP) is 4.57. The second kappa shape index (κ2) is 6.72. The maximum atomic E-state index is 10.3. The highest BCUT2D eigenvalue weighted by Gasteiger charge is 2.25. The Kier molecular flexibility index (Phi) is 5.25. The maximum absolute atomic E-state index is 10.3. The topological polar surface area (TPSA) is 20.2 Å². The minimum Gasteiger partial charge on any atom is -0.392 e. The van der Waals surface area contributed by atoms with Crippen LogP contribution in [0.2, 0.25) is 0 Å². The smallest absolute Gasteiger partial charge is 0.0608 e. The molecule has 0 saturated heterocycles. The van der Waals surface area contributed by atoms with E-state index in [9.17, 15) is 5.11 Å². The summed E-state index contributed by atoms with van der Waals surface area (Å²) in [7, 11) is 0. The van der Waals surface area contributed by atoms with Crippen molar-refractivity contribution >= 4 is 15.9 Å². The summed E-state index contributed by atoms with van der Waals surface area (Å²) in [4.78, 5) is 0. The average molecular weight is 311 g/mol. The van der Waals surface area contributed by atoms with Crippen molar-refractivity contribution in [1.82, 2.24) is 0 Å². The molecule has 1 aliphatic rings. The monoisotopic (exact) mass is 310 g/mol. The first-order valence-corrected chi connectivity index (χ1v) is 7.91. The van der Waals surface area contributed by atoms with E-state index in [1.807, 2.05) is 0 Å². The molecule has 1 saturated carbocycles. The Morgan fingerprint density at radius 2 is 1.78 bits per heavy atom. The standard InChI is InChI=1S/C16H23BrO/c1-2-12-3-7-14(8-4-12)16(18)11-13-5-9-15(17)10-6-13/h5-6,9-10,12,14,16,18H,2-4,7-8,11H2,1H3. The van der Waals surface area contributed by atoms with Gasteiger partial charge in [0, 0.05) is 4.47 Å². The summed E-state index contributed by atoms with van der Waals surface area (Å²) in [5, 5.41) is 10.3. The van der Waals surface area contributed by atoms with Gasteiger partial charge in [0.1, 0.15) is 0 Å². The van der Waals surface area contributed by atoms with Crippen molar-refractivity contribution < 1.29 is 5.11 Å². The highest BCUT2D eigenvalue weighted by atomic mass is 79.9. The van der Waals surface area contributed by atoms with Crippen molar-refractivity contribution in [2.75, 3.05) is 0 Å². The molecule has 1 nitrogen and oxygen atoms in total. The molecule has 1 atom stereocenters. The van der Waals surface area contributed by atoms with Gasteiger partial charge in [-0.2, -0.15) is 0 Å². The van der Waals surface area contributed by atoms with Crippen LogP contribution in [0.25, 0.3) is 0 Å². The largest absolute Gasteiger partial charge is 0.392 e. The SMILES string of the molecule is CCC1CCC(C(O)Cc2ccc(Br)cc2)CC1. The van der Waals surface area contributed by atoms with Gasteiger partial charge < -0.3 is 5.11 Å². The molecule has 1 fully saturated rings. The number of halogens is 1. The molecule has 100 valence electrons. The Hall–Kier alpha value is -0.340. The van der Waals surface area contributed by atoms with Crippen LogP contribution in [0.3, 0.4) is 0 Å². The van der Waals surface area contributed by atoms with E-state index >= 15 is 0 Å². The zero-order chi connectivity index (χ0) is 13.0. The molecule has 1 unspecified atom stereocenters. The van der Waals surface area contributed by atoms with E-state index in [0.29, 0.717) is 5.92 Å². The number of rotatable bonds is 4. The second-order valence-electron chi connectivity index (χ2n) is 5.59. The van der Waals surface area contributed by atoms with Gasteiger partial charge in [-0.15, -0.1) is 0 Å². The maximum Gasteiger partial charge on any atom is 0.0608 e. The number of hydrogen-bond donors (Lipinski definition) is 1. The molecule has 18 heavy (non-hydrogen) atoms. The summed E-state index contributed by atoms with van der Waals surface area (Å²) in [6.45, 7) is 2.28. The summed E-state index contributed by atoms with van der Waals surface area (Å²) in [5.41, 5.74) is 1.24. The van der Waals surface area contributed by atoms with Gasteiger partial charge in [0.2, 0.25) is 0 Å². The molecular weight excluding hydrogens is 288 g/mol. The van der Waals surface area contributed by atoms with E-state index in [1.54, 1.807) is 0 Å². The third-order valence-electron chi connectivity index (χ3n) is 4.37. The summed E-state index contributed by atoms with van der Waals surface area (Å²) in [6, 6.07) is 8.31. The lowest BCUT2D eigenvalue weighted by Gasteiger charge is -2.31. The van der Waals surface area contributed by atoms with Crippen molar-refractivity contribution in [3.63, 3.8) is 0 Å². The van der Waals surface area contributed by atoms with E-state index in [2.05, 4.69) is 47.1 Å². The van der Waals surface area contributed by atoms with Gasteiger partial charge in [-0.1, -0.05) is 54.2 Å². The molecule has 1 N–H and O–H groups in total. The molecule has 1 aromatic rings. The first kappa shape index (κ1) is 14.1. The van der Waals surface area contributed by atoms with Crippen LogP contribution in [-0.2, 0) is 6.42 Å². The summed E-state index contributed by atoms with van der Waals surface area (Å²) >= 11 is 3.44. The van der Waals surface area contributed by atoms with Gasteiger partial charge >= 0.3 is 0 Å². The minimum absolute atomic E-state index is 0.163. The average Bonchev–Trinajstić information content (AvgIpc) is 2.41. The lowest BCUT2D eigenvalue weighted by atomic mass is 9.77. The molecule has 2 rings (SSSR count). The first-order valence-electron chi connectivity index (χ1n) is 7.11. The normalized spacial score (nSPS) is 25.9. The van der Waals surface area contributed by atoms with Crippen molar-refractivity contribution in [3.8, 4) is 0 Å². The Balaban J connectivity index is 1.85. The quantitative estimate of drug-likeness (QED) is 0.863. The van der Waals surface area contributed by atoms with E-state index in [1.165, 1.54) is 37.7 Å². The number of hydrogen-bond acceptors (Lipinski definition) is 1. The van der Waals surface area contributed by atoms with Crippen molar-refractivity contribution in [2.45, 2.75) is 51.6 Å². The van der Waals surface area contributed by atoms with Crippen LogP contribution in [0.4, 0.5) is 0 Å². The van der Waals surface area contributed by atoms with Crippen LogP contribution in [0.5, 0.6) is 0 Å². The van der Waals surface area contributed by atoms with Gasteiger partial charge in [-0.05, 0) is 48.8 Å². The first-order chi connectivity index (χ1) is 8.69. The molecule has 0 amide bonds. The van der Waals surface area contributed by atoms with Gasteiger partial charge in [0.15, 0.2) is 0 Å². The van der Waals surface area contributed by atoms with Gasteiger partial charge in [-0.25, -0.2) is 0 Å². The molecule has 1 aromatic carbocycles. The fourth-order valence-corrected chi connectivity index (χ4v) is 3.27. The van der Waals surface area contributed by atoms with E-state index in [-0.39, 0.29) is 6.10 Å². The fraction of sp³-hybridized carbons (Fsp3) is 0.625. The van der Waals surface area contributed by atoms with Crippen molar-refractivity contribution in [3.05, 3.63) is 34.3 Å². The molecule has 0 spiro atoms. The van der Waals surface area contributed by atoms with Crippen molar-refractivity contribution in [2.24, 2.45) is 11.8 Å². The van der Waals surface area contributed by atoms with Crippen LogP contribution in [0.15, 0.2) is 28.7 Å².